The van der Waals surface area contributed by atoms with Gasteiger partial charge in [-0.3, -0.25) is 4.79 Å². The summed E-state index contributed by atoms with van der Waals surface area (Å²) in [4.78, 5) is 20.1. The Labute approximate surface area is 123 Å². The average molecular weight is 374 g/mol. The molecule has 0 saturated heterocycles. The van der Waals surface area contributed by atoms with Crippen molar-refractivity contribution in [1.29, 1.82) is 0 Å². The lowest BCUT2D eigenvalue weighted by Gasteiger charge is -2.05. The summed E-state index contributed by atoms with van der Waals surface area (Å²) in [5.41, 5.74) is 1.16. The van der Waals surface area contributed by atoms with Crippen molar-refractivity contribution in [2.45, 2.75) is 6.92 Å². The van der Waals surface area contributed by atoms with Crippen LogP contribution in [-0.2, 0) is 0 Å². The number of hydrogen-bond acceptors (Lipinski definition) is 3. The van der Waals surface area contributed by atoms with E-state index < -0.39 is 0 Å². The maximum Gasteiger partial charge on any atom is 0.256 e. The molecule has 2 aromatic heterocycles. The van der Waals surface area contributed by atoms with Crippen LogP contribution in [0.2, 0.25) is 5.15 Å². The average Bonchev–Trinajstić information content (AvgIpc) is 2.31. The predicted molar refractivity (Wildman–Crippen MR) is 78.9 cm³/mol. The van der Waals surface area contributed by atoms with Crippen LogP contribution in [0.15, 0.2) is 30.5 Å². The number of pyridine rings is 2. The fourth-order valence-electron chi connectivity index (χ4n) is 1.40. The molecule has 0 unspecified atom stereocenters. The van der Waals surface area contributed by atoms with Gasteiger partial charge in [-0.25, -0.2) is 9.97 Å². The quantitative estimate of drug-likeness (QED) is 0.649. The highest BCUT2D eigenvalue weighted by atomic mass is 127. The Morgan fingerprint density at radius 1 is 1.39 bits per heavy atom. The normalized spacial score (nSPS) is 10.2. The molecule has 1 amide bonds. The number of nitrogens with zero attached hydrogens (tertiary/aromatic N) is 2. The second kappa shape index (κ2) is 5.62. The molecule has 2 aromatic rings. The number of carbonyl (C=O) groups excluding carboxylic acids is 1. The van der Waals surface area contributed by atoms with E-state index in [1.165, 1.54) is 6.07 Å². The van der Waals surface area contributed by atoms with Crippen LogP contribution in [0.4, 0.5) is 5.82 Å². The first kappa shape index (κ1) is 13.2. The molecule has 2 rings (SSSR count). The fraction of sp³-hybridized carbons (Fsp3) is 0.0833. The molecule has 0 bridgehead atoms. The number of aromatic nitrogens is 2. The molecule has 0 aliphatic rings. The molecule has 0 fully saturated rings. The first-order valence-corrected chi connectivity index (χ1v) is 6.57. The minimum Gasteiger partial charge on any atom is -0.307 e. The molecule has 0 aromatic carbocycles. The molecule has 0 saturated carbocycles. The van der Waals surface area contributed by atoms with Crippen LogP contribution in [-0.4, -0.2) is 15.9 Å². The van der Waals surface area contributed by atoms with Gasteiger partial charge in [-0.05, 0) is 53.8 Å². The highest BCUT2D eigenvalue weighted by Crippen LogP contribution is 2.13. The Kier molecular flexibility index (Phi) is 4.13. The van der Waals surface area contributed by atoms with Crippen LogP contribution >= 0.6 is 34.2 Å². The summed E-state index contributed by atoms with van der Waals surface area (Å²) in [5, 5.41) is 3.00. The zero-order valence-electron chi connectivity index (χ0n) is 9.45. The van der Waals surface area contributed by atoms with Gasteiger partial charge < -0.3 is 5.32 Å². The van der Waals surface area contributed by atoms with Gasteiger partial charge in [0, 0.05) is 21.0 Å². The lowest BCUT2D eigenvalue weighted by atomic mass is 10.2. The summed E-state index contributed by atoms with van der Waals surface area (Å²) in [6, 6.07) is 6.81. The first-order valence-electron chi connectivity index (χ1n) is 5.12. The number of nitrogens with one attached hydrogen (secondary N) is 1. The molecule has 18 heavy (non-hydrogen) atoms. The highest BCUT2D eigenvalue weighted by Gasteiger charge is 2.08. The third-order valence-corrected chi connectivity index (χ3v) is 2.99. The molecule has 0 aliphatic heterocycles. The van der Waals surface area contributed by atoms with Crippen molar-refractivity contribution in [3.05, 3.63) is 50.4 Å². The Bertz CT molecular complexity index is 566. The van der Waals surface area contributed by atoms with Crippen LogP contribution in [0.3, 0.4) is 0 Å². The highest BCUT2D eigenvalue weighted by molar-refractivity contribution is 14.1. The van der Waals surface area contributed by atoms with Crippen molar-refractivity contribution in [1.82, 2.24) is 9.97 Å². The Hall–Kier alpha value is -1.21. The largest absolute Gasteiger partial charge is 0.307 e. The van der Waals surface area contributed by atoms with Crippen LogP contribution in [0, 0.1) is 10.5 Å². The molecule has 0 aliphatic carbocycles. The smallest absolute Gasteiger partial charge is 0.256 e. The van der Waals surface area contributed by atoms with Crippen molar-refractivity contribution in [3.63, 3.8) is 0 Å². The zero-order chi connectivity index (χ0) is 13.1. The predicted octanol–water partition coefficient (Wildman–Crippen LogP) is 3.30. The molecule has 0 atom stereocenters. The SMILES string of the molecule is Cc1cc(C(=O)Nc2ccc(I)cn2)cc(Cl)n1. The summed E-state index contributed by atoms with van der Waals surface area (Å²) < 4.78 is 1.01. The number of amides is 1. The molecular formula is C12H9ClIN3O. The van der Waals surface area contributed by atoms with Crippen molar-refractivity contribution < 1.29 is 4.79 Å². The number of anilines is 1. The topological polar surface area (TPSA) is 54.9 Å². The third kappa shape index (κ3) is 3.39. The Morgan fingerprint density at radius 2 is 2.17 bits per heavy atom. The first-order chi connectivity index (χ1) is 8.54. The van der Waals surface area contributed by atoms with Gasteiger partial charge in [0.25, 0.3) is 5.91 Å². The van der Waals surface area contributed by atoms with E-state index in [4.69, 9.17) is 11.6 Å². The zero-order valence-corrected chi connectivity index (χ0v) is 12.4. The van der Waals surface area contributed by atoms with Gasteiger partial charge in [-0.15, -0.1) is 0 Å². The summed E-state index contributed by atoms with van der Waals surface area (Å²) in [6.07, 6.45) is 1.68. The maximum atomic E-state index is 12.0. The van der Waals surface area contributed by atoms with Gasteiger partial charge in [0.15, 0.2) is 0 Å². The van der Waals surface area contributed by atoms with Crippen LogP contribution in [0.5, 0.6) is 0 Å². The van der Waals surface area contributed by atoms with E-state index in [9.17, 15) is 4.79 Å². The molecule has 2 heterocycles. The van der Waals surface area contributed by atoms with E-state index in [0.29, 0.717) is 22.2 Å². The number of carbonyl (C=O) groups is 1. The molecule has 1 N–H and O–H groups in total. The number of aryl methyl sites for hydroxylation is 1. The molecule has 0 spiro atoms. The van der Waals surface area contributed by atoms with Gasteiger partial charge in [-0.2, -0.15) is 0 Å². The third-order valence-electron chi connectivity index (χ3n) is 2.15. The van der Waals surface area contributed by atoms with Crippen molar-refractivity contribution >= 4 is 45.9 Å². The van der Waals surface area contributed by atoms with Gasteiger partial charge in [-0.1, -0.05) is 11.6 Å². The second-order valence-electron chi connectivity index (χ2n) is 3.64. The van der Waals surface area contributed by atoms with Crippen LogP contribution < -0.4 is 5.32 Å². The summed E-state index contributed by atoms with van der Waals surface area (Å²) in [6.45, 7) is 1.78. The monoisotopic (exact) mass is 373 g/mol. The Morgan fingerprint density at radius 3 is 2.78 bits per heavy atom. The number of halogens is 2. The maximum absolute atomic E-state index is 12.0. The molecule has 0 radical (unpaired) electrons. The van der Waals surface area contributed by atoms with E-state index in [2.05, 4.69) is 37.9 Å². The van der Waals surface area contributed by atoms with Gasteiger partial charge in [0.05, 0.1) is 0 Å². The minimum atomic E-state index is -0.254. The lowest BCUT2D eigenvalue weighted by molar-refractivity contribution is 0.102. The molecular weight excluding hydrogens is 365 g/mol. The van der Waals surface area contributed by atoms with Crippen molar-refractivity contribution in [2.75, 3.05) is 5.32 Å². The lowest BCUT2D eigenvalue weighted by Crippen LogP contribution is -2.13. The molecule has 6 heteroatoms. The number of hydrogen-bond donors (Lipinski definition) is 1. The minimum absolute atomic E-state index is 0.254. The standard InChI is InChI=1S/C12H9ClIN3O/c1-7-4-8(5-10(13)16-7)12(18)17-11-3-2-9(14)6-15-11/h2-6H,1H3,(H,15,17,18). The van der Waals surface area contributed by atoms with Gasteiger partial charge >= 0.3 is 0 Å². The fourth-order valence-corrected chi connectivity index (χ4v) is 1.97. The summed E-state index contributed by atoms with van der Waals surface area (Å²) in [7, 11) is 0. The van der Waals surface area contributed by atoms with Gasteiger partial charge in [0.2, 0.25) is 0 Å². The molecule has 92 valence electrons. The van der Waals surface area contributed by atoms with Crippen molar-refractivity contribution in [3.8, 4) is 0 Å². The van der Waals surface area contributed by atoms with E-state index in [1.54, 1.807) is 25.3 Å². The van der Waals surface area contributed by atoms with Crippen molar-refractivity contribution in [2.24, 2.45) is 0 Å². The van der Waals surface area contributed by atoms with Crippen LogP contribution in [0.25, 0.3) is 0 Å². The van der Waals surface area contributed by atoms with E-state index in [-0.39, 0.29) is 5.91 Å². The van der Waals surface area contributed by atoms with E-state index >= 15 is 0 Å². The summed E-state index contributed by atoms with van der Waals surface area (Å²) >= 11 is 7.96. The van der Waals surface area contributed by atoms with Crippen LogP contribution in [0.1, 0.15) is 16.1 Å². The number of rotatable bonds is 2. The van der Waals surface area contributed by atoms with E-state index in [1.807, 2.05) is 6.07 Å². The summed E-state index contributed by atoms with van der Waals surface area (Å²) in [5.74, 6) is 0.252. The molecule has 4 nitrogen and oxygen atoms in total. The van der Waals surface area contributed by atoms with E-state index in [0.717, 1.165) is 3.57 Å². The second-order valence-corrected chi connectivity index (χ2v) is 5.27. The van der Waals surface area contributed by atoms with Gasteiger partial charge in [0.1, 0.15) is 11.0 Å². The Balaban J connectivity index is 2.19.